The zero-order valence-corrected chi connectivity index (χ0v) is 13.0. The summed E-state index contributed by atoms with van der Waals surface area (Å²) in [5, 5.41) is 3.08. The highest BCUT2D eigenvalue weighted by Crippen LogP contribution is 2.47. The minimum absolute atomic E-state index is 0.0739. The van der Waals surface area contributed by atoms with Crippen LogP contribution in [0.1, 0.15) is 64.0 Å². The van der Waals surface area contributed by atoms with Crippen molar-refractivity contribution in [3.63, 3.8) is 0 Å². The summed E-state index contributed by atoms with van der Waals surface area (Å²) in [6.07, 6.45) is 3.73. The van der Waals surface area contributed by atoms with Gasteiger partial charge in [-0.1, -0.05) is 52.7 Å². The van der Waals surface area contributed by atoms with E-state index in [1.165, 1.54) is 30.4 Å². The normalized spacial score (nSPS) is 29.4. The van der Waals surface area contributed by atoms with Gasteiger partial charge in [0.25, 0.3) is 0 Å². The molecule has 3 rings (SSSR count). The molecule has 108 valence electrons. The van der Waals surface area contributed by atoms with Gasteiger partial charge in [0.05, 0.1) is 5.92 Å². The first kappa shape index (κ1) is 13.7. The van der Waals surface area contributed by atoms with Gasteiger partial charge in [-0.3, -0.25) is 4.79 Å². The molecular weight excluding hydrogens is 246 g/mol. The van der Waals surface area contributed by atoms with Gasteiger partial charge in [0.2, 0.25) is 5.91 Å². The number of carbonyl (C=O) groups excluding carboxylic acids is 1. The van der Waals surface area contributed by atoms with Crippen LogP contribution in [0.4, 0.5) is 5.69 Å². The van der Waals surface area contributed by atoms with Gasteiger partial charge in [-0.05, 0) is 40.9 Å². The van der Waals surface area contributed by atoms with E-state index in [9.17, 15) is 4.79 Å². The molecule has 1 aliphatic heterocycles. The quantitative estimate of drug-likeness (QED) is 0.803. The maximum absolute atomic E-state index is 12.4. The number of carbonyl (C=O) groups is 1. The average Bonchev–Trinajstić information content (AvgIpc) is 2.89. The summed E-state index contributed by atoms with van der Waals surface area (Å²) in [6.45, 7) is 8.99. The predicted molar refractivity (Wildman–Crippen MR) is 83.0 cm³/mol. The topological polar surface area (TPSA) is 29.1 Å². The summed E-state index contributed by atoms with van der Waals surface area (Å²) < 4.78 is 0. The highest BCUT2D eigenvalue weighted by Gasteiger charge is 2.41. The average molecular weight is 271 g/mol. The summed E-state index contributed by atoms with van der Waals surface area (Å²) in [4.78, 5) is 12.4. The van der Waals surface area contributed by atoms with E-state index in [0.717, 1.165) is 5.69 Å². The van der Waals surface area contributed by atoms with Crippen molar-refractivity contribution < 1.29 is 4.79 Å². The third-order valence-corrected chi connectivity index (χ3v) is 5.15. The predicted octanol–water partition coefficient (Wildman–Crippen LogP) is 4.46. The molecule has 20 heavy (non-hydrogen) atoms. The van der Waals surface area contributed by atoms with E-state index in [-0.39, 0.29) is 17.2 Å². The Kier molecular flexibility index (Phi) is 3.15. The first-order chi connectivity index (χ1) is 9.38. The lowest BCUT2D eigenvalue weighted by molar-refractivity contribution is -0.118. The highest BCUT2D eigenvalue weighted by atomic mass is 16.2. The van der Waals surface area contributed by atoms with Gasteiger partial charge in [0, 0.05) is 5.69 Å². The highest BCUT2D eigenvalue weighted by molar-refractivity contribution is 6.03. The molecule has 2 heteroatoms. The summed E-state index contributed by atoms with van der Waals surface area (Å²) in [7, 11) is 0. The monoisotopic (exact) mass is 271 g/mol. The second-order valence-electron chi connectivity index (χ2n) is 7.59. The number of hydrogen-bond donors (Lipinski definition) is 1. The van der Waals surface area contributed by atoms with E-state index < -0.39 is 0 Å². The molecule has 1 aliphatic carbocycles. The third-order valence-electron chi connectivity index (χ3n) is 5.15. The molecule has 1 aromatic carbocycles. The molecule has 1 aromatic rings. The Balaban J connectivity index is 2.02. The number of hydrogen-bond acceptors (Lipinski definition) is 1. The summed E-state index contributed by atoms with van der Waals surface area (Å²) >= 11 is 0. The fourth-order valence-corrected chi connectivity index (χ4v) is 3.85. The van der Waals surface area contributed by atoms with E-state index in [1.807, 2.05) is 0 Å². The number of rotatable bonds is 1. The molecule has 0 aromatic heterocycles. The van der Waals surface area contributed by atoms with E-state index in [0.29, 0.717) is 11.8 Å². The van der Waals surface area contributed by atoms with Crippen LogP contribution in [0.5, 0.6) is 0 Å². The molecule has 1 amide bonds. The van der Waals surface area contributed by atoms with Crippen molar-refractivity contribution in [3.05, 3.63) is 29.3 Å². The second-order valence-corrected chi connectivity index (χ2v) is 7.59. The zero-order chi connectivity index (χ0) is 14.5. The minimum Gasteiger partial charge on any atom is -0.325 e. The van der Waals surface area contributed by atoms with Crippen molar-refractivity contribution in [2.24, 2.45) is 11.8 Å². The van der Waals surface area contributed by atoms with Crippen molar-refractivity contribution >= 4 is 11.6 Å². The second kappa shape index (κ2) is 4.61. The number of nitrogens with one attached hydrogen (secondary N) is 1. The Hall–Kier alpha value is -1.31. The molecule has 1 N–H and O–H groups in total. The smallest absolute Gasteiger partial charge is 0.232 e. The molecule has 0 saturated heterocycles. The Morgan fingerprint density at radius 3 is 2.55 bits per heavy atom. The van der Waals surface area contributed by atoms with Crippen molar-refractivity contribution in [3.8, 4) is 0 Å². The lowest BCUT2D eigenvalue weighted by Gasteiger charge is -2.24. The summed E-state index contributed by atoms with van der Waals surface area (Å²) in [6, 6.07) is 6.51. The summed E-state index contributed by atoms with van der Waals surface area (Å²) in [5.74, 6) is 1.47. The molecule has 2 nitrogen and oxygen atoms in total. The first-order valence-corrected chi connectivity index (χ1v) is 7.83. The Morgan fingerprint density at radius 2 is 1.95 bits per heavy atom. The van der Waals surface area contributed by atoms with Crippen LogP contribution in [-0.4, -0.2) is 5.91 Å². The number of benzene rings is 1. The van der Waals surface area contributed by atoms with Crippen LogP contribution in [0.25, 0.3) is 0 Å². The molecule has 0 bridgehead atoms. The van der Waals surface area contributed by atoms with Crippen LogP contribution in [0, 0.1) is 11.8 Å². The molecule has 3 atom stereocenters. The SMILES string of the molecule is CC1CCCC1C1C(=O)Nc2ccc(C(C)(C)C)cc21. The number of amides is 1. The molecule has 3 unspecified atom stereocenters. The van der Waals surface area contributed by atoms with E-state index in [4.69, 9.17) is 0 Å². The van der Waals surface area contributed by atoms with Crippen LogP contribution < -0.4 is 5.32 Å². The zero-order valence-electron chi connectivity index (χ0n) is 13.0. The van der Waals surface area contributed by atoms with Gasteiger partial charge in [0.1, 0.15) is 0 Å². The molecule has 1 saturated carbocycles. The van der Waals surface area contributed by atoms with Gasteiger partial charge in [-0.25, -0.2) is 0 Å². The van der Waals surface area contributed by atoms with Gasteiger partial charge >= 0.3 is 0 Å². The van der Waals surface area contributed by atoms with Crippen molar-refractivity contribution in [1.82, 2.24) is 0 Å². The first-order valence-electron chi connectivity index (χ1n) is 7.83. The number of fused-ring (bicyclic) bond motifs is 1. The molecule has 0 spiro atoms. The van der Waals surface area contributed by atoms with Crippen molar-refractivity contribution in [2.75, 3.05) is 5.32 Å². The molecule has 1 fully saturated rings. The van der Waals surface area contributed by atoms with Crippen LogP contribution in [0.15, 0.2) is 18.2 Å². The van der Waals surface area contributed by atoms with Gasteiger partial charge in [-0.2, -0.15) is 0 Å². The maximum atomic E-state index is 12.4. The van der Waals surface area contributed by atoms with Crippen LogP contribution in [0.3, 0.4) is 0 Å². The standard InChI is InChI=1S/C18H25NO/c1-11-6-5-7-13(11)16-14-10-12(18(2,3)4)8-9-15(14)19-17(16)20/h8-11,13,16H,5-7H2,1-4H3,(H,19,20). The van der Waals surface area contributed by atoms with Crippen LogP contribution in [-0.2, 0) is 10.2 Å². The van der Waals surface area contributed by atoms with Crippen molar-refractivity contribution in [1.29, 1.82) is 0 Å². The Morgan fingerprint density at radius 1 is 1.20 bits per heavy atom. The van der Waals surface area contributed by atoms with Gasteiger partial charge < -0.3 is 5.32 Å². The van der Waals surface area contributed by atoms with E-state index in [2.05, 4.69) is 51.2 Å². The van der Waals surface area contributed by atoms with Gasteiger partial charge in [0.15, 0.2) is 0 Å². The van der Waals surface area contributed by atoms with Crippen LogP contribution >= 0.6 is 0 Å². The van der Waals surface area contributed by atoms with Crippen molar-refractivity contribution in [2.45, 2.75) is 58.3 Å². The minimum atomic E-state index is 0.0739. The van der Waals surface area contributed by atoms with Crippen LogP contribution in [0.2, 0.25) is 0 Å². The lowest BCUT2D eigenvalue weighted by Crippen LogP contribution is -2.22. The fourth-order valence-electron chi connectivity index (χ4n) is 3.85. The molecule has 2 aliphatic rings. The largest absolute Gasteiger partial charge is 0.325 e. The third kappa shape index (κ3) is 2.15. The van der Waals surface area contributed by atoms with E-state index >= 15 is 0 Å². The Labute approximate surface area is 122 Å². The Bertz CT molecular complexity index is 541. The van der Waals surface area contributed by atoms with Gasteiger partial charge in [-0.15, -0.1) is 0 Å². The molecular formula is C18H25NO. The summed E-state index contributed by atoms with van der Waals surface area (Å²) in [5.41, 5.74) is 3.73. The molecule has 0 radical (unpaired) electrons. The number of anilines is 1. The van der Waals surface area contributed by atoms with E-state index in [1.54, 1.807) is 0 Å². The fraction of sp³-hybridized carbons (Fsp3) is 0.611. The molecule has 1 heterocycles. The maximum Gasteiger partial charge on any atom is 0.232 e. The lowest BCUT2D eigenvalue weighted by atomic mass is 9.78.